The van der Waals surface area contributed by atoms with Crippen LogP contribution in [0.2, 0.25) is 0 Å². The lowest BCUT2D eigenvalue weighted by atomic mass is 10.3. The molecule has 0 amide bonds. The number of hydrogen-bond acceptors (Lipinski definition) is 1. The standard InChI is InChI=1S/C10H12N2/c1-3-5-6-7-12-9-10(4-2)8-11-12/h2-3,8-9H,1,5-7H2. The van der Waals surface area contributed by atoms with Crippen molar-refractivity contribution in [1.82, 2.24) is 9.78 Å². The zero-order valence-electron chi connectivity index (χ0n) is 7.03. The van der Waals surface area contributed by atoms with E-state index in [4.69, 9.17) is 6.42 Å². The van der Waals surface area contributed by atoms with Crippen LogP contribution >= 0.6 is 0 Å². The molecule has 1 aromatic heterocycles. The quantitative estimate of drug-likeness (QED) is 0.373. The van der Waals surface area contributed by atoms with Gasteiger partial charge in [-0.05, 0) is 12.8 Å². The molecule has 0 spiro atoms. The maximum absolute atomic E-state index is 5.20. The van der Waals surface area contributed by atoms with Crippen LogP contribution in [0.25, 0.3) is 0 Å². The van der Waals surface area contributed by atoms with Gasteiger partial charge < -0.3 is 0 Å². The van der Waals surface area contributed by atoms with E-state index in [0.717, 1.165) is 24.9 Å². The third-order valence-corrected chi connectivity index (χ3v) is 1.60. The topological polar surface area (TPSA) is 17.8 Å². The van der Waals surface area contributed by atoms with E-state index in [1.165, 1.54) is 0 Å². The van der Waals surface area contributed by atoms with Crippen LogP contribution in [0.15, 0.2) is 25.0 Å². The highest BCUT2D eigenvalue weighted by Crippen LogP contribution is 1.98. The highest BCUT2D eigenvalue weighted by atomic mass is 15.3. The predicted molar refractivity (Wildman–Crippen MR) is 49.6 cm³/mol. The molecule has 0 atom stereocenters. The van der Waals surface area contributed by atoms with Crippen molar-refractivity contribution >= 4 is 0 Å². The fraction of sp³-hybridized carbons (Fsp3) is 0.300. The number of allylic oxidation sites excluding steroid dienone is 1. The molecule has 62 valence electrons. The van der Waals surface area contributed by atoms with Gasteiger partial charge in [0.2, 0.25) is 0 Å². The summed E-state index contributed by atoms with van der Waals surface area (Å²) in [4.78, 5) is 0. The first-order chi connectivity index (χ1) is 5.86. The van der Waals surface area contributed by atoms with E-state index in [-0.39, 0.29) is 0 Å². The Labute approximate surface area is 72.9 Å². The van der Waals surface area contributed by atoms with Crippen molar-refractivity contribution in [2.45, 2.75) is 19.4 Å². The molecule has 0 saturated heterocycles. The van der Waals surface area contributed by atoms with Crippen molar-refractivity contribution in [2.24, 2.45) is 0 Å². The van der Waals surface area contributed by atoms with Gasteiger partial charge in [0.1, 0.15) is 0 Å². The van der Waals surface area contributed by atoms with Crippen LogP contribution in [0.3, 0.4) is 0 Å². The van der Waals surface area contributed by atoms with Crippen LogP contribution in [0.1, 0.15) is 18.4 Å². The summed E-state index contributed by atoms with van der Waals surface area (Å²) in [6.07, 6.45) is 12.8. The predicted octanol–water partition coefficient (Wildman–Crippen LogP) is 1.83. The number of rotatable bonds is 4. The highest BCUT2D eigenvalue weighted by Gasteiger charge is 1.93. The number of aromatic nitrogens is 2. The molecule has 1 rings (SSSR count). The average Bonchev–Trinajstić information content (AvgIpc) is 2.53. The molecule has 2 nitrogen and oxygen atoms in total. The van der Waals surface area contributed by atoms with Gasteiger partial charge in [-0.1, -0.05) is 12.0 Å². The maximum atomic E-state index is 5.20. The minimum atomic E-state index is 0.841. The number of nitrogens with zero attached hydrogens (tertiary/aromatic N) is 2. The monoisotopic (exact) mass is 160 g/mol. The molecular weight excluding hydrogens is 148 g/mol. The summed E-state index contributed by atoms with van der Waals surface area (Å²) in [5.74, 6) is 2.53. The molecule has 0 bridgehead atoms. The Hall–Kier alpha value is -1.49. The molecule has 0 fully saturated rings. The number of terminal acetylenes is 1. The van der Waals surface area contributed by atoms with Crippen molar-refractivity contribution in [3.8, 4) is 12.3 Å². The smallest absolute Gasteiger partial charge is 0.0646 e. The molecule has 0 radical (unpaired) electrons. The van der Waals surface area contributed by atoms with E-state index < -0.39 is 0 Å². The second-order valence-corrected chi connectivity index (χ2v) is 2.57. The Morgan fingerprint density at radius 1 is 1.75 bits per heavy atom. The molecule has 1 aromatic rings. The van der Waals surface area contributed by atoms with Gasteiger partial charge in [-0.15, -0.1) is 13.0 Å². The molecule has 0 aliphatic carbocycles. The summed E-state index contributed by atoms with van der Waals surface area (Å²) >= 11 is 0. The van der Waals surface area contributed by atoms with E-state index >= 15 is 0 Å². The fourth-order valence-electron chi connectivity index (χ4n) is 0.958. The van der Waals surface area contributed by atoms with Gasteiger partial charge in [0.25, 0.3) is 0 Å². The second kappa shape index (κ2) is 4.40. The SMILES string of the molecule is C#Cc1cnn(CCCC=C)c1. The maximum Gasteiger partial charge on any atom is 0.0646 e. The van der Waals surface area contributed by atoms with E-state index in [2.05, 4.69) is 17.6 Å². The molecule has 0 aliphatic heterocycles. The number of unbranched alkanes of at least 4 members (excludes halogenated alkanes) is 1. The summed E-state index contributed by atoms with van der Waals surface area (Å²) in [6.45, 7) is 4.56. The van der Waals surface area contributed by atoms with Gasteiger partial charge in [0.05, 0.1) is 11.8 Å². The number of aryl methyl sites for hydroxylation is 1. The lowest BCUT2D eigenvalue weighted by Crippen LogP contribution is -1.96. The molecule has 0 aromatic carbocycles. The van der Waals surface area contributed by atoms with Gasteiger partial charge in [-0.2, -0.15) is 5.10 Å². The Bertz CT molecular complexity index is 291. The zero-order chi connectivity index (χ0) is 8.81. The average molecular weight is 160 g/mol. The van der Waals surface area contributed by atoms with Crippen LogP contribution in [0.5, 0.6) is 0 Å². The molecule has 0 N–H and O–H groups in total. The highest BCUT2D eigenvalue weighted by molar-refractivity contribution is 5.25. The van der Waals surface area contributed by atoms with Crippen LogP contribution < -0.4 is 0 Å². The molecule has 1 heterocycles. The summed E-state index contributed by atoms with van der Waals surface area (Å²) in [5.41, 5.74) is 0.841. The van der Waals surface area contributed by atoms with Crippen molar-refractivity contribution < 1.29 is 0 Å². The summed E-state index contributed by atoms with van der Waals surface area (Å²) in [5, 5.41) is 4.10. The van der Waals surface area contributed by atoms with E-state index in [9.17, 15) is 0 Å². The first kappa shape index (κ1) is 8.61. The molecule has 0 saturated carbocycles. The Kier molecular flexibility index (Phi) is 3.16. The van der Waals surface area contributed by atoms with Crippen LogP contribution in [-0.4, -0.2) is 9.78 Å². The Morgan fingerprint density at radius 2 is 2.58 bits per heavy atom. The molecular formula is C10H12N2. The van der Waals surface area contributed by atoms with Crippen molar-refractivity contribution in [3.05, 3.63) is 30.6 Å². The largest absolute Gasteiger partial charge is 0.271 e. The lowest BCUT2D eigenvalue weighted by molar-refractivity contribution is 0.584. The van der Waals surface area contributed by atoms with Crippen molar-refractivity contribution in [1.29, 1.82) is 0 Å². The van der Waals surface area contributed by atoms with Gasteiger partial charge >= 0.3 is 0 Å². The first-order valence-electron chi connectivity index (χ1n) is 3.97. The minimum Gasteiger partial charge on any atom is -0.271 e. The molecule has 2 heteroatoms. The number of hydrogen-bond donors (Lipinski definition) is 0. The summed E-state index contributed by atoms with van der Waals surface area (Å²) < 4.78 is 1.86. The fourth-order valence-corrected chi connectivity index (χ4v) is 0.958. The normalized spacial score (nSPS) is 9.25. The minimum absolute atomic E-state index is 0.841. The summed E-state index contributed by atoms with van der Waals surface area (Å²) in [7, 11) is 0. The van der Waals surface area contributed by atoms with Crippen molar-refractivity contribution in [3.63, 3.8) is 0 Å². The van der Waals surface area contributed by atoms with E-state index in [0.29, 0.717) is 0 Å². The van der Waals surface area contributed by atoms with E-state index in [1.54, 1.807) is 6.20 Å². The second-order valence-electron chi connectivity index (χ2n) is 2.57. The van der Waals surface area contributed by atoms with Gasteiger partial charge in [-0.25, -0.2) is 0 Å². The first-order valence-corrected chi connectivity index (χ1v) is 3.97. The zero-order valence-corrected chi connectivity index (χ0v) is 7.03. The van der Waals surface area contributed by atoms with Crippen LogP contribution in [-0.2, 0) is 6.54 Å². The lowest BCUT2D eigenvalue weighted by Gasteiger charge is -1.96. The Balaban J connectivity index is 2.43. The Morgan fingerprint density at radius 3 is 3.17 bits per heavy atom. The molecule has 0 unspecified atom stereocenters. The molecule has 0 aliphatic rings. The van der Waals surface area contributed by atoms with Crippen LogP contribution in [0, 0.1) is 12.3 Å². The third kappa shape index (κ3) is 2.28. The summed E-state index contributed by atoms with van der Waals surface area (Å²) in [6, 6.07) is 0. The van der Waals surface area contributed by atoms with E-state index in [1.807, 2.05) is 17.0 Å². The van der Waals surface area contributed by atoms with Gasteiger partial charge in [0.15, 0.2) is 0 Å². The molecule has 12 heavy (non-hydrogen) atoms. The van der Waals surface area contributed by atoms with Gasteiger partial charge in [0, 0.05) is 12.7 Å². The third-order valence-electron chi connectivity index (χ3n) is 1.60. The van der Waals surface area contributed by atoms with Crippen LogP contribution in [0.4, 0.5) is 0 Å². The van der Waals surface area contributed by atoms with Crippen molar-refractivity contribution in [2.75, 3.05) is 0 Å². The van der Waals surface area contributed by atoms with Gasteiger partial charge in [-0.3, -0.25) is 4.68 Å².